The Balaban J connectivity index is 2.05. The highest BCUT2D eigenvalue weighted by atomic mass is 79.9. The third-order valence-electron chi connectivity index (χ3n) is 2.80. The highest BCUT2D eigenvalue weighted by Gasteiger charge is 2.02. The predicted octanol–water partition coefficient (Wildman–Crippen LogP) is 3.54. The molecule has 0 heterocycles. The van der Waals surface area contributed by atoms with E-state index in [-0.39, 0.29) is 5.91 Å². The van der Waals surface area contributed by atoms with Crippen molar-refractivity contribution in [3.63, 3.8) is 0 Å². The Hall–Kier alpha value is -1.39. The fraction of sp³-hybridized carbons (Fsp3) is 0.267. The van der Waals surface area contributed by atoms with Crippen molar-refractivity contribution in [2.24, 2.45) is 0 Å². The number of amides is 1. The van der Waals surface area contributed by atoms with Gasteiger partial charge in [0.1, 0.15) is 0 Å². The van der Waals surface area contributed by atoms with E-state index in [0.29, 0.717) is 6.54 Å². The van der Waals surface area contributed by atoms with Crippen molar-refractivity contribution in [1.29, 1.82) is 0 Å². The van der Waals surface area contributed by atoms with Gasteiger partial charge in [0.15, 0.2) is 0 Å². The first-order chi connectivity index (χ1) is 9.19. The Morgan fingerprint density at radius 2 is 1.89 bits per heavy atom. The van der Waals surface area contributed by atoms with Crippen LogP contribution in [0.3, 0.4) is 0 Å². The van der Waals surface area contributed by atoms with Crippen LogP contribution < -0.4 is 10.6 Å². The molecule has 2 N–H and O–H groups in total. The molecule has 0 aliphatic heterocycles. The molecule has 2 aromatic carbocycles. The Bertz CT molecular complexity index is 583. The summed E-state index contributed by atoms with van der Waals surface area (Å²) in [5.74, 6) is -0.00934. The summed E-state index contributed by atoms with van der Waals surface area (Å²) >= 11 is 3.45. The Kier molecular flexibility index (Phi) is 4.93. The van der Waals surface area contributed by atoms with Crippen LogP contribution in [0, 0.1) is 0 Å². The van der Waals surface area contributed by atoms with Gasteiger partial charge in [0.25, 0.3) is 0 Å². The molecule has 0 aliphatic rings. The van der Waals surface area contributed by atoms with E-state index >= 15 is 0 Å². The molecule has 100 valence electrons. The molecule has 3 nitrogen and oxygen atoms in total. The maximum atomic E-state index is 11.7. The molecule has 4 heteroatoms. The van der Waals surface area contributed by atoms with E-state index in [1.54, 1.807) is 0 Å². The van der Waals surface area contributed by atoms with Crippen LogP contribution in [-0.4, -0.2) is 19.0 Å². The van der Waals surface area contributed by atoms with E-state index in [9.17, 15) is 4.79 Å². The van der Waals surface area contributed by atoms with Crippen molar-refractivity contribution in [1.82, 2.24) is 5.32 Å². The highest BCUT2D eigenvalue weighted by Crippen LogP contribution is 2.22. The molecule has 0 fully saturated rings. The van der Waals surface area contributed by atoms with E-state index in [2.05, 4.69) is 39.6 Å². The first-order valence-electron chi connectivity index (χ1n) is 6.39. The molecule has 0 radical (unpaired) electrons. The van der Waals surface area contributed by atoms with Gasteiger partial charge in [0, 0.05) is 10.2 Å². The van der Waals surface area contributed by atoms with Crippen LogP contribution in [0.1, 0.15) is 13.3 Å². The molecule has 0 atom stereocenters. The zero-order valence-electron chi connectivity index (χ0n) is 10.9. The molecular weight excluding hydrogens is 304 g/mol. The van der Waals surface area contributed by atoms with Crippen molar-refractivity contribution in [3.8, 4) is 0 Å². The maximum Gasteiger partial charge on any atom is 0.238 e. The predicted molar refractivity (Wildman–Crippen MR) is 83.4 cm³/mol. The largest absolute Gasteiger partial charge is 0.325 e. The molecule has 1 amide bonds. The number of benzene rings is 2. The maximum absolute atomic E-state index is 11.7. The Labute approximate surface area is 121 Å². The van der Waals surface area contributed by atoms with Crippen LogP contribution in [0.15, 0.2) is 40.9 Å². The molecule has 0 aromatic heterocycles. The Morgan fingerprint density at radius 1 is 1.16 bits per heavy atom. The lowest BCUT2D eigenvalue weighted by Gasteiger charge is -2.07. The summed E-state index contributed by atoms with van der Waals surface area (Å²) in [4.78, 5) is 11.7. The number of carbonyl (C=O) groups is 1. The molecular formula is C15H17BrN2O. The zero-order chi connectivity index (χ0) is 13.7. The first-order valence-corrected chi connectivity index (χ1v) is 7.18. The van der Waals surface area contributed by atoms with Crippen LogP contribution in [0.2, 0.25) is 0 Å². The van der Waals surface area contributed by atoms with Gasteiger partial charge in [-0.05, 0) is 48.0 Å². The van der Waals surface area contributed by atoms with Crippen LogP contribution in [-0.2, 0) is 4.79 Å². The number of hydrogen-bond acceptors (Lipinski definition) is 2. The summed E-state index contributed by atoms with van der Waals surface area (Å²) in [7, 11) is 0. The van der Waals surface area contributed by atoms with Crippen LogP contribution in [0.4, 0.5) is 5.69 Å². The zero-order valence-corrected chi connectivity index (χ0v) is 12.5. The third-order valence-corrected chi connectivity index (χ3v) is 3.29. The van der Waals surface area contributed by atoms with Crippen molar-refractivity contribution in [2.45, 2.75) is 13.3 Å². The quantitative estimate of drug-likeness (QED) is 0.827. The summed E-state index contributed by atoms with van der Waals surface area (Å²) in [6, 6.07) is 12.0. The third kappa shape index (κ3) is 4.04. The molecule has 0 saturated heterocycles. The number of carbonyl (C=O) groups excluding carboxylic acids is 1. The highest BCUT2D eigenvalue weighted by molar-refractivity contribution is 9.10. The van der Waals surface area contributed by atoms with Gasteiger partial charge in [0.2, 0.25) is 5.91 Å². The lowest BCUT2D eigenvalue weighted by Crippen LogP contribution is -2.28. The second-order valence-corrected chi connectivity index (χ2v) is 5.35. The Morgan fingerprint density at radius 3 is 2.68 bits per heavy atom. The summed E-state index contributed by atoms with van der Waals surface area (Å²) < 4.78 is 1.06. The summed E-state index contributed by atoms with van der Waals surface area (Å²) in [5, 5.41) is 8.24. The topological polar surface area (TPSA) is 41.1 Å². The van der Waals surface area contributed by atoms with Gasteiger partial charge in [-0.3, -0.25) is 4.79 Å². The minimum absolute atomic E-state index is 0.00934. The van der Waals surface area contributed by atoms with Gasteiger partial charge in [-0.1, -0.05) is 35.0 Å². The van der Waals surface area contributed by atoms with Crippen LogP contribution >= 0.6 is 15.9 Å². The van der Waals surface area contributed by atoms with Gasteiger partial charge in [-0.25, -0.2) is 0 Å². The average Bonchev–Trinajstić information content (AvgIpc) is 2.39. The fourth-order valence-corrected chi connectivity index (χ4v) is 2.26. The number of halogens is 1. The van der Waals surface area contributed by atoms with Gasteiger partial charge in [0.05, 0.1) is 6.54 Å². The van der Waals surface area contributed by atoms with E-state index in [4.69, 9.17) is 0 Å². The molecule has 0 saturated carbocycles. The smallest absolute Gasteiger partial charge is 0.238 e. The minimum atomic E-state index is -0.00934. The SMILES string of the molecule is CCCNCC(=O)Nc1ccc2cc(Br)ccc2c1. The van der Waals surface area contributed by atoms with Gasteiger partial charge < -0.3 is 10.6 Å². The standard InChI is InChI=1S/C15H17BrN2O/c1-2-7-17-10-15(19)18-14-6-4-11-8-13(16)5-3-12(11)9-14/h3-6,8-9,17H,2,7,10H2,1H3,(H,18,19). The number of fused-ring (bicyclic) bond motifs is 1. The monoisotopic (exact) mass is 320 g/mol. The molecule has 0 aliphatic carbocycles. The summed E-state index contributed by atoms with van der Waals surface area (Å²) in [6.45, 7) is 3.29. The van der Waals surface area contributed by atoms with E-state index in [1.165, 1.54) is 0 Å². The molecule has 0 unspecified atom stereocenters. The summed E-state index contributed by atoms with van der Waals surface area (Å²) in [5.41, 5.74) is 0.832. The normalized spacial score (nSPS) is 10.6. The summed E-state index contributed by atoms with van der Waals surface area (Å²) in [6.07, 6.45) is 1.03. The fourth-order valence-electron chi connectivity index (χ4n) is 1.88. The number of hydrogen-bond donors (Lipinski definition) is 2. The molecule has 0 bridgehead atoms. The minimum Gasteiger partial charge on any atom is -0.325 e. The molecule has 2 rings (SSSR count). The van der Waals surface area contributed by atoms with Gasteiger partial charge in [-0.2, -0.15) is 0 Å². The molecule has 19 heavy (non-hydrogen) atoms. The van der Waals surface area contributed by atoms with E-state index in [1.807, 2.05) is 30.3 Å². The number of nitrogens with one attached hydrogen (secondary N) is 2. The van der Waals surface area contributed by atoms with Gasteiger partial charge in [-0.15, -0.1) is 0 Å². The lowest BCUT2D eigenvalue weighted by atomic mass is 10.1. The number of rotatable bonds is 5. The van der Waals surface area contributed by atoms with E-state index < -0.39 is 0 Å². The van der Waals surface area contributed by atoms with Crippen molar-refractivity contribution in [2.75, 3.05) is 18.4 Å². The van der Waals surface area contributed by atoms with Crippen molar-refractivity contribution < 1.29 is 4.79 Å². The average molecular weight is 321 g/mol. The second kappa shape index (κ2) is 6.68. The van der Waals surface area contributed by atoms with Crippen molar-refractivity contribution in [3.05, 3.63) is 40.9 Å². The van der Waals surface area contributed by atoms with Gasteiger partial charge >= 0.3 is 0 Å². The number of anilines is 1. The molecule has 0 spiro atoms. The van der Waals surface area contributed by atoms with Crippen LogP contribution in [0.25, 0.3) is 10.8 Å². The second-order valence-electron chi connectivity index (χ2n) is 4.43. The van der Waals surface area contributed by atoms with Crippen molar-refractivity contribution >= 4 is 38.3 Å². The molecule has 2 aromatic rings. The van der Waals surface area contributed by atoms with Crippen LogP contribution in [0.5, 0.6) is 0 Å². The lowest BCUT2D eigenvalue weighted by molar-refractivity contribution is -0.115. The van der Waals surface area contributed by atoms with E-state index in [0.717, 1.165) is 33.9 Å². The first kappa shape index (κ1) is 14.0.